The van der Waals surface area contributed by atoms with Crippen molar-refractivity contribution in [3.63, 3.8) is 0 Å². The zero-order valence-corrected chi connectivity index (χ0v) is 6.07. The van der Waals surface area contributed by atoms with Gasteiger partial charge < -0.3 is 0 Å². The van der Waals surface area contributed by atoms with E-state index in [4.69, 9.17) is 0 Å². The van der Waals surface area contributed by atoms with Gasteiger partial charge in [0, 0.05) is 0 Å². The van der Waals surface area contributed by atoms with Crippen LogP contribution in [-0.4, -0.2) is 0 Å². The van der Waals surface area contributed by atoms with Crippen LogP contribution in [0.4, 0.5) is 0 Å². The van der Waals surface area contributed by atoms with Crippen molar-refractivity contribution in [2.45, 2.75) is 27.2 Å². The number of hydrogen-bond donors (Lipinski definition) is 0. The van der Waals surface area contributed by atoms with Gasteiger partial charge in [-0.2, -0.15) is 0 Å². The van der Waals surface area contributed by atoms with Crippen molar-refractivity contribution in [3.05, 3.63) is 18.6 Å². The maximum atomic E-state index is 3.87. The second-order valence-corrected chi connectivity index (χ2v) is 2.62. The van der Waals surface area contributed by atoms with Gasteiger partial charge in [0.05, 0.1) is 0 Å². The Morgan fingerprint density at radius 1 is 1.62 bits per heavy atom. The Labute approximate surface area is 52.6 Å². The van der Waals surface area contributed by atoms with Crippen molar-refractivity contribution in [2.24, 2.45) is 5.92 Å². The topological polar surface area (TPSA) is 0 Å². The highest BCUT2D eigenvalue weighted by Gasteiger charge is 1.86. The molecule has 0 nitrogen and oxygen atoms in total. The quantitative estimate of drug-likeness (QED) is 0.481. The summed E-state index contributed by atoms with van der Waals surface area (Å²) < 4.78 is 0. The fourth-order valence-electron chi connectivity index (χ4n) is 0.437. The van der Waals surface area contributed by atoms with Gasteiger partial charge in [0.15, 0.2) is 0 Å². The zero-order chi connectivity index (χ0) is 6.57. The molecule has 0 aromatic carbocycles. The highest BCUT2D eigenvalue weighted by Crippen LogP contribution is 2.01. The van der Waals surface area contributed by atoms with E-state index in [2.05, 4.69) is 33.8 Å². The fraction of sp³-hybridized carbons (Fsp3) is 0.625. The van der Waals surface area contributed by atoms with E-state index in [-0.39, 0.29) is 0 Å². The molecule has 47 valence electrons. The van der Waals surface area contributed by atoms with Crippen LogP contribution in [0.3, 0.4) is 0 Å². The zero-order valence-electron chi connectivity index (χ0n) is 6.07. The minimum atomic E-state index is 0.560. The molecule has 8 heavy (non-hydrogen) atoms. The van der Waals surface area contributed by atoms with Crippen molar-refractivity contribution < 1.29 is 0 Å². The summed E-state index contributed by atoms with van der Waals surface area (Å²) in [6, 6.07) is 0. The molecule has 0 saturated carbocycles. The maximum absolute atomic E-state index is 3.87. The van der Waals surface area contributed by atoms with Crippen molar-refractivity contribution in [2.75, 3.05) is 0 Å². The molecule has 0 aromatic heterocycles. The van der Waals surface area contributed by atoms with Gasteiger partial charge in [-0.05, 0) is 26.2 Å². The average molecular weight is 111 g/mol. The van der Waals surface area contributed by atoms with Crippen LogP contribution in [0.2, 0.25) is 0 Å². The van der Waals surface area contributed by atoms with E-state index >= 15 is 0 Å². The monoisotopic (exact) mass is 111 g/mol. The smallest absolute Gasteiger partial charge is 0.0322 e. The van der Waals surface area contributed by atoms with Gasteiger partial charge >= 0.3 is 0 Å². The molecule has 0 aliphatic carbocycles. The van der Waals surface area contributed by atoms with E-state index in [1.54, 1.807) is 0 Å². The molecule has 0 aliphatic rings. The predicted molar refractivity (Wildman–Crippen MR) is 38.6 cm³/mol. The largest absolute Gasteiger partial charge is 0.0856 e. The van der Waals surface area contributed by atoms with Crippen molar-refractivity contribution >= 4 is 0 Å². The van der Waals surface area contributed by atoms with Gasteiger partial charge in [-0.25, -0.2) is 0 Å². The van der Waals surface area contributed by atoms with Gasteiger partial charge in [0.2, 0.25) is 0 Å². The summed E-state index contributed by atoms with van der Waals surface area (Å²) >= 11 is 0. The van der Waals surface area contributed by atoms with Crippen molar-refractivity contribution in [1.29, 1.82) is 0 Å². The van der Waals surface area contributed by atoms with Gasteiger partial charge in [-0.3, -0.25) is 0 Å². The summed E-state index contributed by atoms with van der Waals surface area (Å²) in [5.74, 6) is 0.560. The second kappa shape index (κ2) is 3.71. The molecular weight excluding hydrogens is 96.1 g/mol. The first kappa shape index (κ1) is 7.74. The third-order valence-electron chi connectivity index (χ3n) is 0.928. The van der Waals surface area contributed by atoms with Crippen LogP contribution in [0.15, 0.2) is 11.6 Å². The van der Waals surface area contributed by atoms with Crippen molar-refractivity contribution in [1.82, 2.24) is 0 Å². The van der Waals surface area contributed by atoms with Crippen LogP contribution in [-0.2, 0) is 0 Å². The third-order valence-corrected chi connectivity index (χ3v) is 0.928. The molecule has 0 amide bonds. The van der Waals surface area contributed by atoms with E-state index < -0.39 is 0 Å². The highest BCUT2D eigenvalue weighted by atomic mass is 13.9. The summed E-state index contributed by atoms with van der Waals surface area (Å²) in [5, 5.41) is 0. The standard InChI is InChI=1S/C8H15/c1-7(2)5-6-8(3)4/h6-7H,1,5H2,2-4H3. The SMILES string of the molecule is [CH2]C(C)CC=C(C)C. The van der Waals surface area contributed by atoms with Crippen LogP contribution >= 0.6 is 0 Å². The van der Waals surface area contributed by atoms with Crippen LogP contribution in [0.25, 0.3) is 0 Å². The molecule has 1 atom stereocenters. The average Bonchev–Trinajstić information content (AvgIpc) is 1.61. The van der Waals surface area contributed by atoms with Gasteiger partial charge in [0.1, 0.15) is 0 Å². The molecule has 0 rings (SSSR count). The molecule has 0 heterocycles. The molecule has 0 heteroatoms. The lowest BCUT2D eigenvalue weighted by atomic mass is 10.1. The maximum Gasteiger partial charge on any atom is -0.0322 e. The highest BCUT2D eigenvalue weighted by molar-refractivity contribution is 4.93. The van der Waals surface area contributed by atoms with Gasteiger partial charge in [-0.1, -0.05) is 25.5 Å². The van der Waals surface area contributed by atoms with Crippen molar-refractivity contribution in [3.8, 4) is 0 Å². The summed E-state index contributed by atoms with van der Waals surface area (Å²) in [6.07, 6.45) is 3.33. The molecule has 0 fully saturated rings. The Morgan fingerprint density at radius 3 is 2.25 bits per heavy atom. The molecule has 1 unspecified atom stereocenters. The van der Waals surface area contributed by atoms with E-state index in [0.717, 1.165) is 6.42 Å². The Kier molecular flexibility index (Phi) is 3.59. The Hall–Kier alpha value is -0.260. The van der Waals surface area contributed by atoms with Crippen LogP contribution in [0.5, 0.6) is 0 Å². The molecule has 0 N–H and O–H groups in total. The summed E-state index contributed by atoms with van der Waals surface area (Å²) in [4.78, 5) is 0. The molecule has 0 aliphatic heterocycles. The van der Waals surface area contributed by atoms with E-state index in [1.165, 1.54) is 5.57 Å². The lowest BCUT2D eigenvalue weighted by Gasteiger charge is -1.96. The molecule has 0 spiro atoms. The fourth-order valence-corrected chi connectivity index (χ4v) is 0.437. The molecule has 0 saturated heterocycles. The first-order chi connectivity index (χ1) is 3.63. The number of rotatable bonds is 2. The predicted octanol–water partition coefficient (Wildman–Crippen LogP) is 2.81. The minimum Gasteiger partial charge on any atom is -0.0856 e. The second-order valence-electron chi connectivity index (χ2n) is 2.62. The summed E-state index contributed by atoms with van der Waals surface area (Å²) in [5.41, 5.74) is 1.39. The van der Waals surface area contributed by atoms with Crippen LogP contribution in [0.1, 0.15) is 27.2 Å². The molecule has 1 radical (unpaired) electrons. The Morgan fingerprint density at radius 2 is 2.12 bits per heavy atom. The number of allylic oxidation sites excluding steroid dienone is 2. The lowest BCUT2D eigenvalue weighted by molar-refractivity contribution is 0.736. The number of hydrogen-bond acceptors (Lipinski definition) is 0. The first-order valence-corrected chi connectivity index (χ1v) is 3.09. The van der Waals surface area contributed by atoms with E-state index in [1.807, 2.05) is 0 Å². The van der Waals surface area contributed by atoms with Crippen LogP contribution < -0.4 is 0 Å². The first-order valence-electron chi connectivity index (χ1n) is 3.09. The summed E-state index contributed by atoms with van der Waals surface area (Å²) in [6.45, 7) is 10.2. The van der Waals surface area contributed by atoms with E-state index in [9.17, 15) is 0 Å². The normalized spacial score (nSPS) is 9.62. The Balaban J connectivity index is 3.29. The van der Waals surface area contributed by atoms with E-state index in [0.29, 0.717) is 5.92 Å². The third kappa shape index (κ3) is 5.74. The molecule has 0 bridgehead atoms. The van der Waals surface area contributed by atoms with Crippen LogP contribution in [0, 0.1) is 12.8 Å². The van der Waals surface area contributed by atoms with Gasteiger partial charge in [-0.15, -0.1) is 0 Å². The molecule has 0 aromatic rings. The minimum absolute atomic E-state index is 0.560. The lowest BCUT2D eigenvalue weighted by Crippen LogP contribution is -1.82. The summed E-state index contributed by atoms with van der Waals surface area (Å²) in [7, 11) is 0. The molecular formula is C8H15. The Bertz CT molecular complexity index is 74.0. The van der Waals surface area contributed by atoms with Gasteiger partial charge in [0.25, 0.3) is 0 Å².